The van der Waals surface area contributed by atoms with Gasteiger partial charge in [0.05, 0.1) is 17.1 Å². The van der Waals surface area contributed by atoms with E-state index < -0.39 is 0 Å². The van der Waals surface area contributed by atoms with E-state index in [0.29, 0.717) is 5.69 Å². The van der Waals surface area contributed by atoms with Crippen LogP contribution in [-0.4, -0.2) is 15.2 Å². The molecule has 0 spiro atoms. The lowest BCUT2D eigenvalue weighted by Crippen LogP contribution is -1.80. The van der Waals surface area contributed by atoms with Crippen molar-refractivity contribution in [3.05, 3.63) is 24.2 Å². The first-order valence-corrected chi connectivity index (χ1v) is 3.16. The maximum atomic E-state index is 5.22. The van der Waals surface area contributed by atoms with E-state index >= 15 is 0 Å². The van der Waals surface area contributed by atoms with E-state index in [4.69, 9.17) is 6.42 Å². The Labute approximate surface area is 63.5 Å². The fourth-order valence-corrected chi connectivity index (χ4v) is 0.983. The predicted molar refractivity (Wildman–Crippen MR) is 41.8 cm³/mol. The molecule has 3 nitrogen and oxygen atoms in total. The van der Waals surface area contributed by atoms with Crippen molar-refractivity contribution in [2.24, 2.45) is 0 Å². The summed E-state index contributed by atoms with van der Waals surface area (Å²) in [7, 11) is 0. The van der Waals surface area contributed by atoms with Crippen LogP contribution < -0.4 is 0 Å². The number of aromatic amines is 1. The highest BCUT2D eigenvalue weighted by atomic mass is 15.1. The molecule has 0 aliphatic rings. The van der Waals surface area contributed by atoms with Crippen LogP contribution in [0.25, 0.3) is 10.9 Å². The summed E-state index contributed by atoms with van der Waals surface area (Å²) in [5, 5.41) is 7.56. The number of terminal acetylenes is 1. The van der Waals surface area contributed by atoms with Gasteiger partial charge in [0.1, 0.15) is 5.69 Å². The van der Waals surface area contributed by atoms with Crippen LogP contribution >= 0.6 is 0 Å². The number of fused-ring (bicyclic) bond motifs is 1. The molecule has 2 rings (SSSR count). The summed E-state index contributed by atoms with van der Waals surface area (Å²) in [5.41, 5.74) is 1.56. The van der Waals surface area contributed by atoms with Gasteiger partial charge in [-0.05, 0) is 12.0 Å². The molecule has 2 aromatic heterocycles. The van der Waals surface area contributed by atoms with Gasteiger partial charge in [-0.25, -0.2) is 4.98 Å². The highest BCUT2D eigenvalue weighted by molar-refractivity contribution is 5.82. The van der Waals surface area contributed by atoms with E-state index in [1.807, 2.05) is 6.07 Å². The smallest absolute Gasteiger partial charge is 0.123 e. The molecule has 2 aromatic rings. The molecule has 0 bridgehead atoms. The second kappa shape index (κ2) is 2.10. The monoisotopic (exact) mass is 143 g/mol. The molecule has 0 aliphatic carbocycles. The quantitative estimate of drug-likeness (QED) is 0.557. The van der Waals surface area contributed by atoms with Gasteiger partial charge in [-0.1, -0.05) is 0 Å². The second-order valence-electron chi connectivity index (χ2n) is 2.14. The second-order valence-corrected chi connectivity index (χ2v) is 2.14. The molecular formula is C8H5N3. The van der Waals surface area contributed by atoms with Crippen LogP contribution in [0.15, 0.2) is 18.5 Å². The molecule has 0 radical (unpaired) electrons. The molecule has 0 aromatic carbocycles. The number of hydrogen-bond acceptors (Lipinski definition) is 2. The number of H-pyrrole nitrogens is 1. The van der Waals surface area contributed by atoms with Crippen LogP contribution in [0.4, 0.5) is 0 Å². The minimum atomic E-state index is 0.635. The first-order chi connectivity index (χ1) is 5.42. The number of hydrogen-bond donors (Lipinski definition) is 1. The van der Waals surface area contributed by atoms with Crippen molar-refractivity contribution in [3.8, 4) is 12.3 Å². The topological polar surface area (TPSA) is 41.6 Å². The van der Waals surface area contributed by atoms with Gasteiger partial charge in [0.25, 0.3) is 0 Å². The summed E-state index contributed by atoms with van der Waals surface area (Å²) in [6.07, 6.45) is 8.56. The number of nitrogens with zero attached hydrogens (tertiary/aromatic N) is 2. The molecule has 2 heterocycles. The number of nitrogens with one attached hydrogen (secondary N) is 1. The largest absolute Gasteiger partial charge is 0.278 e. The first kappa shape index (κ1) is 5.93. The Bertz CT molecular complexity index is 422. The third-order valence-electron chi connectivity index (χ3n) is 1.51. The van der Waals surface area contributed by atoms with Gasteiger partial charge in [-0.15, -0.1) is 6.42 Å². The molecule has 11 heavy (non-hydrogen) atoms. The lowest BCUT2D eigenvalue weighted by molar-refractivity contribution is 1.12. The van der Waals surface area contributed by atoms with E-state index in [9.17, 15) is 0 Å². The van der Waals surface area contributed by atoms with E-state index in [1.54, 1.807) is 12.4 Å². The Morgan fingerprint density at radius 2 is 2.45 bits per heavy atom. The van der Waals surface area contributed by atoms with Crippen LogP contribution in [0.3, 0.4) is 0 Å². The van der Waals surface area contributed by atoms with Gasteiger partial charge in [0, 0.05) is 6.20 Å². The maximum absolute atomic E-state index is 5.22. The fraction of sp³-hybridized carbons (Fsp3) is 0. The van der Waals surface area contributed by atoms with Crippen molar-refractivity contribution in [3.63, 3.8) is 0 Å². The standard InChI is InChI=1S/C8H5N3/c1-2-7-6-5-10-11-8(6)3-4-9-7/h1,3-5H,(H,10,11). The zero-order valence-corrected chi connectivity index (χ0v) is 5.70. The highest BCUT2D eigenvalue weighted by Gasteiger charge is 1.98. The summed E-state index contributed by atoms with van der Waals surface area (Å²) in [6.45, 7) is 0. The Morgan fingerprint density at radius 1 is 1.55 bits per heavy atom. The van der Waals surface area contributed by atoms with Crippen molar-refractivity contribution < 1.29 is 0 Å². The van der Waals surface area contributed by atoms with Gasteiger partial charge in [-0.2, -0.15) is 5.10 Å². The summed E-state index contributed by atoms with van der Waals surface area (Å²) in [6, 6.07) is 1.84. The SMILES string of the molecule is C#Cc1nccc2[nH]ncc12. The van der Waals surface area contributed by atoms with Crippen LogP contribution in [0, 0.1) is 12.3 Å². The molecule has 0 atom stereocenters. The van der Waals surface area contributed by atoms with Gasteiger partial charge < -0.3 is 0 Å². The predicted octanol–water partition coefficient (Wildman–Crippen LogP) is 0.939. The lowest BCUT2D eigenvalue weighted by atomic mass is 10.2. The molecular weight excluding hydrogens is 138 g/mol. The zero-order valence-electron chi connectivity index (χ0n) is 5.70. The molecule has 0 amide bonds. The molecule has 0 saturated heterocycles. The van der Waals surface area contributed by atoms with Gasteiger partial charge in [-0.3, -0.25) is 5.10 Å². The van der Waals surface area contributed by atoms with Gasteiger partial charge in [0.2, 0.25) is 0 Å². The van der Waals surface area contributed by atoms with Crippen molar-refractivity contribution in [2.45, 2.75) is 0 Å². The Hall–Kier alpha value is -1.82. The van der Waals surface area contributed by atoms with E-state index in [-0.39, 0.29) is 0 Å². The minimum Gasteiger partial charge on any atom is -0.278 e. The van der Waals surface area contributed by atoms with E-state index in [2.05, 4.69) is 21.1 Å². The van der Waals surface area contributed by atoms with Crippen molar-refractivity contribution in [1.82, 2.24) is 15.2 Å². The summed E-state index contributed by atoms with van der Waals surface area (Å²) in [4.78, 5) is 4.00. The number of aromatic nitrogens is 3. The van der Waals surface area contributed by atoms with Gasteiger partial charge >= 0.3 is 0 Å². The van der Waals surface area contributed by atoms with Crippen LogP contribution in [0.1, 0.15) is 5.69 Å². The summed E-state index contributed by atoms with van der Waals surface area (Å²) in [5.74, 6) is 2.48. The zero-order chi connectivity index (χ0) is 7.68. The maximum Gasteiger partial charge on any atom is 0.123 e. The average molecular weight is 143 g/mol. The molecule has 0 unspecified atom stereocenters. The highest BCUT2D eigenvalue weighted by Crippen LogP contribution is 2.11. The fourth-order valence-electron chi connectivity index (χ4n) is 0.983. The molecule has 1 N–H and O–H groups in total. The molecule has 0 fully saturated rings. The Kier molecular flexibility index (Phi) is 1.13. The summed E-state index contributed by atoms with van der Waals surface area (Å²) < 4.78 is 0. The van der Waals surface area contributed by atoms with Gasteiger partial charge in [0.15, 0.2) is 0 Å². The van der Waals surface area contributed by atoms with Crippen LogP contribution in [-0.2, 0) is 0 Å². The first-order valence-electron chi connectivity index (χ1n) is 3.16. The number of rotatable bonds is 0. The number of pyridine rings is 1. The van der Waals surface area contributed by atoms with Crippen LogP contribution in [0.5, 0.6) is 0 Å². The third-order valence-corrected chi connectivity index (χ3v) is 1.51. The summed E-state index contributed by atoms with van der Waals surface area (Å²) >= 11 is 0. The molecule has 0 aliphatic heterocycles. The van der Waals surface area contributed by atoms with E-state index in [0.717, 1.165) is 10.9 Å². The molecule has 52 valence electrons. The normalized spacial score (nSPS) is 9.73. The van der Waals surface area contributed by atoms with Crippen molar-refractivity contribution in [1.29, 1.82) is 0 Å². The minimum absolute atomic E-state index is 0.635. The average Bonchev–Trinajstić information content (AvgIpc) is 2.50. The lowest BCUT2D eigenvalue weighted by Gasteiger charge is -1.89. The Balaban J connectivity index is 2.92. The van der Waals surface area contributed by atoms with Crippen molar-refractivity contribution >= 4 is 10.9 Å². The van der Waals surface area contributed by atoms with Crippen molar-refractivity contribution in [2.75, 3.05) is 0 Å². The van der Waals surface area contributed by atoms with Crippen LogP contribution in [0.2, 0.25) is 0 Å². The molecule has 0 saturated carbocycles. The Morgan fingerprint density at radius 3 is 3.27 bits per heavy atom. The third kappa shape index (κ3) is 0.767. The molecule has 3 heteroatoms. The van der Waals surface area contributed by atoms with E-state index in [1.165, 1.54) is 0 Å².